The summed E-state index contributed by atoms with van der Waals surface area (Å²) in [6, 6.07) is 0. The quantitative estimate of drug-likeness (QED) is 0.574. The van der Waals surface area contributed by atoms with Gasteiger partial charge in [-0.3, -0.25) is 4.57 Å². The molecule has 2 aromatic heterocycles. The molecule has 0 atom stereocenters. The highest BCUT2D eigenvalue weighted by Gasteiger charge is 2.56. The summed E-state index contributed by atoms with van der Waals surface area (Å²) < 4.78 is 35.2. The second kappa shape index (κ2) is 8.57. The number of pyridine rings is 1. The average molecular weight is 544 g/mol. The van der Waals surface area contributed by atoms with Crippen LogP contribution in [0.1, 0.15) is 73.8 Å². The maximum atomic E-state index is 16.3. The number of carboxylic acid groups (broad SMARTS) is 1. The van der Waals surface area contributed by atoms with Gasteiger partial charge in [-0.05, 0) is 59.9 Å². The van der Waals surface area contributed by atoms with Gasteiger partial charge in [-0.25, -0.2) is 19.0 Å². The Bertz CT molecular complexity index is 1330. The largest absolute Gasteiger partial charge is 0.513 e. The van der Waals surface area contributed by atoms with Crippen LogP contribution in [0.4, 0.5) is 19.8 Å². The summed E-state index contributed by atoms with van der Waals surface area (Å²) in [4.78, 5) is 32.7. The number of carbonyl (C=O) groups is 2. The van der Waals surface area contributed by atoms with Crippen LogP contribution in [0, 0.1) is 11.2 Å². The highest BCUT2D eigenvalue weighted by molar-refractivity contribution is 6.63. The van der Waals surface area contributed by atoms with E-state index in [1.165, 1.54) is 6.20 Å². The minimum Gasteiger partial charge on any atom is -0.464 e. The number of anilines is 1. The van der Waals surface area contributed by atoms with Gasteiger partial charge in [0, 0.05) is 37.0 Å². The Balaban J connectivity index is 1.47. The van der Waals surface area contributed by atoms with E-state index >= 15 is 4.39 Å². The van der Waals surface area contributed by atoms with Crippen molar-refractivity contribution >= 4 is 41.6 Å². The first kappa shape index (κ1) is 27.7. The normalized spacial score (nSPS) is 21.5. The summed E-state index contributed by atoms with van der Waals surface area (Å²) in [6.45, 7) is 19.0. The Kier molecular flexibility index (Phi) is 6.09. The first-order valence-corrected chi connectivity index (χ1v) is 13.4. The van der Waals surface area contributed by atoms with E-state index in [2.05, 4.69) is 4.98 Å². The Hall–Kier alpha value is -2.86. The van der Waals surface area contributed by atoms with Crippen molar-refractivity contribution in [2.24, 2.45) is 5.41 Å². The molecule has 3 saturated heterocycles. The molecule has 0 saturated carbocycles. The van der Waals surface area contributed by atoms with E-state index in [9.17, 15) is 14.7 Å². The SMILES string of the molecule is CC(C)c1c(B2OC(C)(C)C(C)(C)O2)n(C(=O)O)c2cnc(N3CC4(CN(C(=O)OC(C)(C)C)C4)C3)c(F)c12. The number of nitrogens with zero attached hydrogens (tertiary/aromatic N) is 4. The molecule has 3 aliphatic rings. The third kappa shape index (κ3) is 4.36. The predicted molar refractivity (Wildman–Crippen MR) is 145 cm³/mol. The van der Waals surface area contributed by atoms with E-state index in [0.717, 1.165) is 4.57 Å². The first-order valence-electron chi connectivity index (χ1n) is 13.4. The Morgan fingerprint density at radius 1 is 1.10 bits per heavy atom. The molecule has 3 aliphatic heterocycles. The van der Waals surface area contributed by atoms with Crippen molar-refractivity contribution in [2.75, 3.05) is 31.1 Å². The highest BCUT2D eigenvalue weighted by atomic mass is 19.1. The third-order valence-electron chi connectivity index (χ3n) is 8.31. The number of hydrogen-bond donors (Lipinski definition) is 1. The highest BCUT2D eigenvalue weighted by Crippen LogP contribution is 2.44. The summed E-state index contributed by atoms with van der Waals surface area (Å²) in [5.41, 5.74) is -1.12. The number of fused-ring (bicyclic) bond motifs is 1. The second-order valence-electron chi connectivity index (χ2n) is 13.5. The second-order valence-corrected chi connectivity index (χ2v) is 13.5. The van der Waals surface area contributed by atoms with Crippen LogP contribution in [0.25, 0.3) is 10.9 Å². The van der Waals surface area contributed by atoms with Gasteiger partial charge in [-0.15, -0.1) is 0 Å². The lowest BCUT2D eigenvalue weighted by Gasteiger charge is -2.60. The number of likely N-dealkylation sites (tertiary alicyclic amines) is 1. The summed E-state index contributed by atoms with van der Waals surface area (Å²) >= 11 is 0. The average Bonchev–Trinajstić information content (AvgIpc) is 3.17. The molecule has 1 spiro atoms. The zero-order valence-corrected chi connectivity index (χ0v) is 24.2. The molecule has 3 fully saturated rings. The van der Waals surface area contributed by atoms with Crippen LogP contribution in [0.2, 0.25) is 0 Å². The summed E-state index contributed by atoms with van der Waals surface area (Å²) in [7, 11) is -0.986. The number of halogens is 1. The lowest BCUT2D eigenvalue weighted by Crippen LogP contribution is -2.73. The van der Waals surface area contributed by atoms with Gasteiger partial charge in [-0.2, -0.15) is 0 Å². The van der Waals surface area contributed by atoms with Gasteiger partial charge in [-0.1, -0.05) is 13.8 Å². The lowest BCUT2D eigenvalue weighted by molar-refractivity contribution is -0.0456. The molecule has 5 heterocycles. The Labute approximate surface area is 228 Å². The van der Waals surface area contributed by atoms with E-state index in [1.807, 2.05) is 67.2 Å². The molecule has 1 amide bonds. The maximum absolute atomic E-state index is 16.3. The molecule has 0 radical (unpaired) electrons. The number of ether oxygens (including phenoxy) is 1. The van der Waals surface area contributed by atoms with E-state index < -0.39 is 35.8 Å². The van der Waals surface area contributed by atoms with E-state index in [1.54, 1.807) is 4.90 Å². The van der Waals surface area contributed by atoms with Gasteiger partial charge >= 0.3 is 19.3 Å². The van der Waals surface area contributed by atoms with Crippen molar-refractivity contribution in [2.45, 2.75) is 85.0 Å². The van der Waals surface area contributed by atoms with Gasteiger partial charge in [0.2, 0.25) is 0 Å². The van der Waals surface area contributed by atoms with Crippen LogP contribution >= 0.6 is 0 Å². The van der Waals surface area contributed by atoms with Crippen LogP contribution < -0.4 is 10.5 Å². The molecule has 1 N–H and O–H groups in total. The number of rotatable bonds is 3. The zero-order chi connectivity index (χ0) is 28.9. The summed E-state index contributed by atoms with van der Waals surface area (Å²) in [5.74, 6) is -0.607. The summed E-state index contributed by atoms with van der Waals surface area (Å²) in [5, 5.41) is 10.4. The minimum absolute atomic E-state index is 0.123. The van der Waals surface area contributed by atoms with Crippen molar-refractivity contribution in [3.05, 3.63) is 17.6 Å². The van der Waals surface area contributed by atoms with Crippen molar-refractivity contribution in [3.63, 3.8) is 0 Å². The molecule has 212 valence electrons. The molecular formula is C27H38BFN4O6. The Morgan fingerprint density at radius 3 is 2.15 bits per heavy atom. The van der Waals surface area contributed by atoms with Crippen molar-refractivity contribution in [3.8, 4) is 0 Å². The molecule has 10 nitrogen and oxygen atoms in total. The topological polar surface area (TPSA) is 106 Å². The molecule has 5 rings (SSSR count). The molecule has 0 aromatic carbocycles. The standard InChI is InChI=1S/C27H38BFN4O6/c1-15(2)17-18-16(33(22(34)35)20(17)28-38-25(6,7)26(8,9)39-28)10-30-21(19(18)29)31-11-27(12-31)13-32(14-27)23(36)37-24(3,4)5/h10,15H,11-14H2,1-9H3,(H,34,35). The summed E-state index contributed by atoms with van der Waals surface area (Å²) in [6.07, 6.45) is -0.185. The number of aromatic nitrogens is 2. The van der Waals surface area contributed by atoms with Crippen LogP contribution in [0.15, 0.2) is 6.20 Å². The van der Waals surface area contributed by atoms with E-state index in [-0.39, 0.29) is 39.7 Å². The number of amides is 1. The van der Waals surface area contributed by atoms with Crippen molar-refractivity contribution < 1.29 is 33.1 Å². The molecule has 39 heavy (non-hydrogen) atoms. The first-order chi connectivity index (χ1) is 17.9. The fourth-order valence-electron chi connectivity index (χ4n) is 5.80. The van der Waals surface area contributed by atoms with Gasteiger partial charge in [0.05, 0.1) is 28.5 Å². The molecule has 0 aliphatic carbocycles. The fourth-order valence-corrected chi connectivity index (χ4v) is 5.80. The van der Waals surface area contributed by atoms with Crippen molar-refractivity contribution in [1.29, 1.82) is 0 Å². The lowest BCUT2D eigenvalue weighted by atomic mass is 9.73. The monoisotopic (exact) mass is 544 g/mol. The minimum atomic E-state index is -1.26. The molecular weight excluding hydrogens is 506 g/mol. The van der Waals surface area contributed by atoms with E-state index in [4.69, 9.17) is 14.0 Å². The molecule has 12 heteroatoms. The van der Waals surface area contributed by atoms with Gasteiger partial charge in [0.15, 0.2) is 11.6 Å². The third-order valence-corrected chi connectivity index (χ3v) is 8.31. The van der Waals surface area contributed by atoms with Crippen LogP contribution in [-0.2, 0) is 14.0 Å². The molecule has 2 aromatic rings. The van der Waals surface area contributed by atoms with Crippen LogP contribution in [-0.4, -0.2) is 81.8 Å². The van der Waals surface area contributed by atoms with Gasteiger partial charge in [0.1, 0.15) is 5.60 Å². The van der Waals surface area contributed by atoms with Crippen LogP contribution in [0.3, 0.4) is 0 Å². The van der Waals surface area contributed by atoms with Gasteiger partial charge < -0.3 is 29.0 Å². The number of hydrogen-bond acceptors (Lipinski definition) is 7. The van der Waals surface area contributed by atoms with Crippen molar-refractivity contribution in [1.82, 2.24) is 14.5 Å². The van der Waals surface area contributed by atoms with Crippen LogP contribution in [0.5, 0.6) is 0 Å². The number of carbonyl (C=O) groups excluding carboxylic acids is 1. The predicted octanol–water partition coefficient (Wildman–Crippen LogP) is 4.18. The Morgan fingerprint density at radius 2 is 1.67 bits per heavy atom. The smallest absolute Gasteiger partial charge is 0.464 e. The molecule has 0 bridgehead atoms. The molecule has 0 unspecified atom stereocenters. The fraction of sp³-hybridized carbons (Fsp3) is 0.667. The van der Waals surface area contributed by atoms with Gasteiger partial charge in [0.25, 0.3) is 0 Å². The maximum Gasteiger partial charge on any atom is 0.513 e. The zero-order valence-electron chi connectivity index (χ0n) is 24.2. The van der Waals surface area contributed by atoms with E-state index in [0.29, 0.717) is 31.7 Å².